The summed E-state index contributed by atoms with van der Waals surface area (Å²) in [6.07, 6.45) is 0. The number of rotatable bonds is 8. The molecule has 0 aliphatic rings. The molecule has 0 aliphatic heterocycles. The zero-order chi connectivity index (χ0) is 49.0. The fourth-order valence-electron chi connectivity index (χ4n) is 12.0. The summed E-state index contributed by atoms with van der Waals surface area (Å²) < 4.78 is 0. The summed E-state index contributed by atoms with van der Waals surface area (Å²) in [4.78, 5) is 0. The van der Waals surface area contributed by atoms with Gasteiger partial charge >= 0.3 is 0 Å². The van der Waals surface area contributed by atoms with E-state index in [-0.39, 0.29) is 0 Å². The highest BCUT2D eigenvalue weighted by atomic mass is 14.3. The van der Waals surface area contributed by atoms with Crippen molar-refractivity contribution in [1.82, 2.24) is 0 Å². The van der Waals surface area contributed by atoms with Crippen LogP contribution in [-0.4, -0.2) is 0 Å². The summed E-state index contributed by atoms with van der Waals surface area (Å²) in [6.45, 7) is 0. The van der Waals surface area contributed by atoms with Crippen molar-refractivity contribution in [1.29, 1.82) is 0 Å². The van der Waals surface area contributed by atoms with Gasteiger partial charge in [-0.05, 0) is 155 Å². The molecule has 0 spiro atoms. The normalized spacial score (nSPS) is 11.5. The lowest BCUT2D eigenvalue weighted by Gasteiger charge is -2.31. The van der Waals surface area contributed by atoms with E-state index in [1.54, 1.807) is 0 Å². The largest absolute Gasteiger partial charge is 0.0622 e. The zero-order valence-electron chi connectivity index (χ0n) is 40.7. The van der Waals surface area contributed by atoms with Gasteiger partial charge in [0.2, 0.25) is 0 Å². The molecule has 0 saturated heterocycles. The van der Waals surface area contributed by atoms with Crippen molar-refractivity contribution in [2.75, 3.05) is 0 Å². The van der Waals surface area contributed by atoms with Crippen LogP contribution in [-0.2, 0) is 0 Å². The van der Waals surface area contributed by atoms with Crippen LogP contribution >= 0.6 is 0 Å². The van der Waals surface area contributed by atoms with E-state index in [4.69, 9.17) is 0 Å². The van der Waals surface area contributed by atoms with E-state index in [1.165, 1.54) is 126 Å². The van der Waals surface area contributed by atoms with Gasteiger partial charge in [0.25, 0.3) is 0 Å². The van der Waals surface area contributed by atoms with Gasteiger partial charge in [0.1, 0.15) is 0 Å². The molecule has 14 rings (SSSR count). The van der Waals surface area contributed by atoms with Crippen LogP contribution in [0.3, 0.4) is 0 Å². The fourth-order valence-corrected chi connectivity index (χ4v) is 12.0. The Kier molecular flexibility index (Phi) is 10.6. The van der Waals surface area contributed by atoms with Crippen LogP contribution in [0.15, 0.2) is 291 Å². The van der Waals surface area contributed by atoms with Crippen LogP contribution < -0.4 is 0 Å². The Balaban J connectivity index is 1.33. The molecule has 0 aliphatic carbocycles. The van der Waals surface area contributed by atoms with E-state index < -0.39 is 0 Å². The van der Waals surface area contributed by atoms with Gasteiger partial charge in [-0.25, -0.2) is 0 Å². The van der Waals surface area contributed by atoms with Gasteiger partial charge in [-0.1, -0.05) is 279 Å². The third-order valence-electron chi connectivity index (χ3n) is 15.3. The molecule has 0 heterocycles. The van der Waals surface area contributed by atoms with Gasteiger partial charge in [0, 0.05) is 0 Å². The van der Waals surface area contributed by atoms with Crippen LogP contribution in [0, 0.1) is 0 Å². The maximum atomic E-state index is 2.44. The van der Waals surface area contributed by atoms with Crippen molar-refractivity contribution in [3.05, 3.63) is 291 Å². The number of benzene rings is 14. The van der Waals surface area contributed by atoms with Crippen molar-refractivity contribution in [2.24, 2.45) is 0 Å². The second-order valence-electron chi connectivity index (χ2n) is 19.4. The van der Waals surface area contributed by atoms with Crippen molar-refractivity contribution in [3.8, 4) is 89.0 Å². The van der Waals surface area contributed by atoms with Crippen LogP contribution in [0.2, 0.25) is 0 Å². The van der Waals surface area contributed by atoms with Gasteiger partial charge < -0.3 is 0 Å². The maximum absolute atomic E-state index is 2.44. The van der Waals surface area contributed by atoms with Gasteiger partial charge in [0.15, 0.2) is 0 Å². The van der Waals surface area contributed by atoms with E-state index >= 15 is 0 Å². The Hall–Kier alpha value is -9.62. The molecule has 344 valence electrons. The monoisotopic (exact) mass is 936 g/mol. The molecule has 0 heteroatoms. The first kappa shape index (κ1) is 43.2. The molecule has 0 unspecified atom stereocenters. The van der Waals surface area contributed by atoms with Gasteiger partial charge in [-0.2, -0.15) is 0 Å². The Morgan fingerprint density at radius 3 is 1.09 bits per heavy atom. The molecule has 0 saturated carbocycles. The quantitative estimate of drug-likeness (QED) is 0.105. The summed E-state index contributed by atoms with van der Waals surface area (Å²) >= 11 is 0. The van der Waals surface area contributed by atoms with E-state index in [2.05, 4.69) is 291 Å². The molecule has 14 aromatic carbocycles. The lowest BCUT2D eigenvalue weighted by atomic mass is 9.71. The molecule has 0 amide bonds. The summed E-state index contributed by atoms with van der Waals surface area (Å²) in [6, 6.07) is 108. The smallest absolute Gasteiger partial charge is 0.000718 e. The van der Waals surface area contributed by atoms with Crippen molar-refractivity contribution < 1.29 is 0 Å². The summed E-state index contributed by atoms with van der Waals surface area (Å²) in [5.41, 5.74) is 18.8. The highest BCUT2D eigenvalue weighted by molar-refractivity contribution is 6.25. The molecule has 0 aromatic heterocycles. The summed E-state index contributed by atoms with van der Waals surface area (Å²) in [5.74, 6) is 0. The Labute approximate surface area is 431 Å². The Morgan fingerprint density at radius 1 is 0.135 bits per heavy atom. The Morgan fingerprint density at radius 2 is 0.486 bits per heavy atom. The minimum absolute atomic E-state index is 1.15. The van der Waals surface area contributed by atoms with E-state index in [9.17, 15) is 0 Å². The summed E-state index contributed by atoms with van der Waals surface area (Å²) in [7, 11) is 0. The van der Waals surface area contributed by atoms with Gasteiger partial charge in [0.05, 0.1) is 0 Å². The Bertz CT molecular complexity index is 4450. The topological polar surface area (TPSA) is 0 Å². The molecule has 0 nitrogen and oxygen atoms in total. The van der Waals surface area contributed by atoms with Crippen LogP contribution in [0.25, 0.3) is 143 Å². The minimum atomic E-state index is 1.15. The number of hydrogen-bond donors (Lipinski definition) is 0. The molecule has 14 aromatic rings. The fraction of sp³-hybridized carbons (Fsp3) is 0. The molecule has 0 radical (unpaired) electrons. The SMILES string of the molecule is c1ccc(-c2ccccc2-c2c(-c3ccccc3)c(-c3cccc4ccccc34)c(-c3cccc4c3ccc3ccccc34)c(-c3cccc4cc5ccccc5cc34)c2-c2ccccc2-c2ccccc2)cc1. The van der Waals surface area contributed by atoms with Crippen LogP contribution in [0.1, 0.15) is 0 Å². The standard InChI is InChI=1S/C74H48/c1-4-23-49(24-5-1)58-37-16-18-39-63(58)70-69(53-29-8-3-9-30-53)71(65-42-20-33-51-27-12-15-36-60(51)65)73(66-44-22-41-61-57-35-14-13-28-52(57)45-46-62(61)66)74(72(70)64-40-19-17-38-59(64)50-25-6-2-7-26-50)67-43-21-34-56-47-54-31-10-11-32-55(54)48-68(56)67/h1-48H. The average Bonchev–Trinajstić information content (AvgIpc) is 3.48. The van der Waals surface area contributed by atoms with Gasteiger partial charge in [-0.15, -0.1) is 0 Å². The van der Waals surface area contributed by atoms with Crippen LogP contribution in [0.5, 0.6) is 0 Å². The summed E-state index contributed by atoms with van der Waals surface area (Å²) in [5, 5.41) is 12.1. The molecule has 0 atom stereocenters. The molecule has 74 heavy (non-hydrogen) atoms. The first-order valence-corrected chi connectivity index (χ1v) is 25.7. The third-order valence-corrected chi connectivity index (χ3v) is 15.3. The van der Waals surface area contributed by atoms with E-state index in [0.29, 0.717) is 0 Å². The zero-order valence-corrected chi connectivity index (χ0v) is 40.7. The minimum Gasteiger partial charge on any atom is -0.0622 e. The molecular weight excluding hydrogens is 889 g/mol. The number of fused-ring (bicyclic) bond motifs is 6. The lowest BCUT2D eigenvalue weighted by Crippen LogP contribution is -2.04. The first-order valence-electron chi connectivity index (χ1n) is 25.7. The van der Waals surface area contributed by atoms with Crippen molar-refractivity contribution >= 4 is 53.9 Å². The first-order chi connectivity index (χ1) is 36.8. The van der Waals surface area contributed by atoms with Crippen LogP contribution in [0.4, 0.5) is 0 Å². The molecule has 0 N–H and O–H groups in total. The highest BCUT2D eigenvalue weighted by Crippen LogP contribution is 2.60. The van der Waals surface area contributed by atoms with Gasteiger partial charge in [-0.3, -0.25) is 0 Å². The molecule has 0 fully saturated rings. The predicted molar refractivity (Wildman–Crippen MR) is 317 cm³/mol. The lowest BCUT2D eigenvalue weighted by molar-refractivity contribution is 1.52. The predicted octanol–water partition coefficient (Wildman–Crippen LogP) is 20.8. The van der Waals surface area contributed by atoms with E-state index in [0.717, 1.165) is 16.7 Å². The third kappa shape index (κ3) is 7.22. The van der Waals surface area contributed by atoms with Crippen molar-refractivity contribution in [3.63, 3.8) is 0 Å². The molecule has 0 bridgehead atoms. The molecular formula is C74H48. The second-order valence-corrected chi connectivity index (χ2v) is 19.4. The number of hydrogen-bond acceptors (Lipinski definition) is 0. The highest BCUT2D eigenvalue weighted by Gasteiger charge is 2.33. The average molecular weight is 937 g/mol. The second kappa shape index (κ2) is 18.2. The van der Waals surface area contributed by atoms with E-state index in [1.807, 2.05) is 0 Å². The maximum Gasteiger partial charge on any atom is -0.000718 e. The van der Waals surface area contributed by atoms with Crippen molar-refractivity contribution in [2.45, 2.75) is 0 Å².